The molecular formula is C22H29N3O2. The van der Waals surface area contributed by atoms with Gasteiger partial charge in [0.2, 0.25) is 0 Å². The maximum Gasteiger partial charge on any atom is 0.319 e. The summed E-state index contributed by atoms with van der Waals surface area (Å²) in [5, 5.41) is 8.53. The van der Waals surface area contributed by atoms with Crippen LogP contribution >= 0.6 is 0 Å². The third-order valence-corrected chi connectivity index (χ3v) is 4.32. The van der Waals surface area contributed by atoms with E-state index in [1.807, 2.05) is 32.0 Å². The van der Waals surface area contributed by atoms with Gasteiger partial charge in [-0.15, -0.1) is 0 Å². The zero-order valence-corrected chi connectivity index (χ0v) is 16.5. The third-order valence-electron chi connectivity index (χ3n) is 4.32. The minimum absolute atomic E-state index is 0.0439. The fourth-order valence-electron chi connectivity index (χ4n) is 2.91. The molecule has 0 aliphatic carbocycles. The van der Waals surface area contributed by atoms with Crippen LogP contribution in [0.5, 0.6) is 0 Å². The van der Waals surface area contributed by atoms with Gasteiger partial charge in [-0.2, -0.15) is 0 Å². The minimum Gasteiger partial charge on any atom is -0.351 e. The lowest BCUT2D eigenvalue weighted by Gasteiger charge is -2.22. The molecule has 0 saturated carbocycles. The molecule has 27 heavy (non-hydrogen) atoms. The summed E-state index contributed by atoms with van der Waals surface area (Å²) in [4.78, 5) is 24.4. The van der Waals surface area contributed by atoms with E-state index in [9.17, 15) is 9.59 Å². The SMILES string of the molecule is CC(C)NC(=O)Nc1cccc(C(=O)NCC(c2ccccc2)C(C)C)c1. The first-order valence-corrected chi connectivity index (χ1v) is 9.37. The van der Waals surface area contributed by atoms with Crippen LogP contribution in [-0.2, 0) is 0 Å². The highest BCUT2D eigenvalue weighted by molar-refractivity contribution is 5.96. The van der Waals surface area contributed by atoms with E-state index in [4.69, 9.17) is 0 Å². The number of benzene rings is 2. The van der Waals surface area contributed by atoms with Crippen LogP contribution in [-0.4, -0.2) is 24.5 Å². The highest BCUT2D eigenvalue weighted by Gasteiger charge is 2.17. The number of amides is 3. The lowest BCUT2D eigenvalue weighted by atomic mass is 9.88. The summed E-state index contributed by atoms with van der Waals surface area (Å²) in [5.41, 5.74) is 2.32. The standard InChI is InChI=1S/C22H29N3O2/c1-15(2)20(17-9-6-5-7-10-17)14-23-21(26)18-11-8-12-19(13-18)25-22(27)24-16(3)4/h5-13,15-16,20H,14H2,1-4H3,(H,23,26)(H2,24,25,27). The third kappa shape index (κ3) is 6.44. The average molecular weight is 367 g/mol. The number of anilines is 1. The molecule has 0 spiro atoms. The second kappa shape index (κ2) is 9.76. The van der Waals surface area contributed by atoms with Gasteiger partial charge in [0.05, 0.1) is 0 Å². The van der Waals surface area contributed by atoms with E-state index in [-0.39, 0.29) is 23.9 Å². The van der Waals surface area contributed by atoms with Crippen molar-refractivity contribution in [1.82, 2.24) is 10.6 Å². The van der Waals surface area contributed by atoms with Crippen molar-refractivity contribution in [2.45, 2.75) is 39.7 Å². The fourth-order valence-corrected chi connectivity index (χ4v) is 2.91. The van der Waals surface area contributed by atoms with Gasteiger partial charge in [0, 0.05) is 29.8 Å². The van der Waals surface area contributed by atoms with Gasteiger partial charge in [0.25, 0.3) is 5.91 Å². The summed E-state index contributed by atoms with van der Waals surface area (Å²) in [6, 6.07) is 16.9. The fraction of sp³-hybridized carbons (Fsp3) is 0.364. The Bertz CT molecular complexity index is 757. The molecule has 5 heteroatoms. The van der Waals surface area contributed by atoms with Gasteiger partial charge in [0.15, 0.2) is 0 Å². The van der Waals surface area contributed by atoms with Crippen molar-refractivity contribution in [1.29, 1.82) is 0 Å². The van der Waals surface area contributed by atoms with Crippen LogP contribution in [0.3, 0.4) is 0 Å². The van der Waals surface area contributed by atoms with Crippen molar-refractivity contribution < 1.29 is 9.59 Å². The maximum atomic E-state index is 12.6. The Hall–Kier alpha value is -2.82. The summed E-state index contributed by atoms with van der Waals surface area (Å²) < 4.78 is 0. The van der Waals surface area contributed by atoms with Crippen molar-refractivity contribution >= 4 is 17.6 Å². The molecule has 2 rings (SSSR count). The number of hydrogen-bond donors (Lipinski definition) is 3. The lowest BCUT2D eigenvalue weighted by molar-refractivity contribution is 0.0949. The van der Waals surface area contributed by atoms with E-state index >= 15 is 0 Å². The summed E-state index contributed by atoms with van der Waals surface area (Å²) in [6.45, 7) is 8.65. The Morgan fingerprint density at radius 1 is 0.926 bits per heavy atom. The number of urea groups is 1. The van der Waals surface area contributed by atoms with Crippen molar-refractivity contribution in [2.75, 3.05) is 11.9 Å². The molecule has 1 atom stereocenters. The molecule has 144 valence electrons. The first kappa shape index (κ1) is 20.5. The number of carbonyl (C=O) groups is 2. The number of hydrogen-bond acceptors (Lipinski definition) is 2. The van der Waals surface area contributed by atoms with Crippen LogP contribution in [0.25, 0.3) is 0 Å². The summed E-state index contributed by atoms with van der Waals surface area (Å²) in [7, 11) is 0. The van der Waals surface area contributed by atoms with Crippen LogP contribution in [0, 0.1) is 5.92 Å². The smallest absolute Gasteiger partial charge is 0.319 e. The molecule has 0 radical (unpaired) electrons. The number of nitrogens with one attached hydrogen (secondary N) is 3. The molecule has 0 bridgehead atoms. The predicted molar refractivity (Wildman–Crippen MR) is 110 cm³/mol. The first-order valence-electron chi connectivity index (χ1n) is 9.37. The molecule has 0 aliphatic rings. The van der Waals surface area contributed by atoms with E-state index in [1.54, 1.807) is 24.3 Å². The number of rotatable bonds is 7. The quantitative estimate of drug-likeness (QED) is 0.679. The van der Waals surface area contributed by atoms with E-state index in [2.05, 4.69) is 41.9 Å². The number of carbonyl (C=O) groups excluding carboxylic acids is 2. The second-order valence-electron chi connectivity index (χ2n) is 7.31. The van der Waals surface area contributed by atoms with E-state index < -0.39 is 0 Å². The first-order chi connectivity index (χ1) is 12.9. The zero-order chi connectivity index (χ0) is 19.8. The topological polar surface area (TPSA) is 70.2 Å². The second-order valence-corrected chi connectivity index (χ2v) is 7.31. The van der Waals surface area contributed by atoms with Crippen molar-refractivity contribution in [3.8, 4) is 0 Å². The predicted octanol–water partition coefficient (Wildman–Crippen LogP) is 4.39. The van der Waals surface area contributed by atoms with Crippen LogP contribution in [0.1, 0.15) is 49.5 Å². The van der Waals surface area contributed by atoms with Gasteiger partial charge < -0.3 is 16.0 Å². The van der Waals surface area contributed by atoms with Crippen molar-refractivity contribution in [3.05, 3.63) is 65.7 Å². The van der Waals surface area contributed by atoms with Crippen LogP contribution < -0.4 is 16.0 Å². The van der Waals surface area contributed by atoms with E-state index in [1.165, 1.54) is 5.56 Å². The Kier molecular flexibility index (Phi) is 7.41. The van der Waals surface area contributed by atoms with Crippen molar-refractivity contribution in [2.24, 2.45) is 5.92 Å². The van der Waals surface area contributed by atoms with Gasteiger partial charge >= 0.3 is 6.03 Å². The Morgan fingerprint density at radius 2 is 1.63 bits per heavy atom. The molecule has 0 fully saturated rings. The Balaban J connectivity index is 2.01. The molecule has 3 amide bonds. The lowest BCUT2D eigenvalue weighted by Crippen LogP contribution is -2.34. The van der Waals surface area contributed by atoms with Gasteiger partial charge in [0.1, 0.15) is 0 Å². The summed E-state index contributed by atoms with van der Waals surface area (Å²) in [6.07, 6.45) is 0. The minimum atomic E-state index is -0.286. The Morgan fingerprint density at radius 3 is 2.26 bits per heavy atom. The molecular weight excluding hydrogens is 338 g/mol. The molecule has 0 saturated heterocycles. The van der Waals surface area contributed by atoms with Crippen LogP contribution in [0.15, 0.2) is 54.6 Å². The van der Waals surface area contributed by atoms with Gasteiger partial charge in [-0.25, -0.2) is 4.79 Å². The molecule has 5 nitrogen and oxygen atoms in total. The molecule has 0 aromatic heterocycles. The van der Waals surface area contributed by atoms with Crippen LogP contribution in [0.2, 0.25) is 0 Å². The highest BCUT2D eigenvalue weighted by Crippen LogP contribution is 2.23. The summed E-state index contributed by atoms with van der Waals surface area (Å²) >= 11 is 0. The summed E-state index contributed by atoms with van der Waals surface area (Å²) in [5.74, 6) is 0.498. The van der Waals surface area contributed by atoms with Crippen LogP contribution in [0.4, 0.5) is 10.5 Å². The molecule has 2 aromatic rings. The molecule has 1 unspecified atom stereocenters. The Labute approximate surface area is 161 Å². The van der Waals surface area contributed by atoms with Gasteiger partial charge in [-0.1, -0.05) is 50.2 Å². The molecule has 0 aliphatic heterocycles. The van der Waals surface area contributed by atoms with Gasteiger partial charge in [-0.05, 0) is 43.5 Å². The highest BCUT2D eigenvalue weighted by atomic mass is 16.2. The normalized spacial score (nSPS) is 11.9. The van der Waals surface area contributed by atoms with E-state index in [0.717, 1.165) is 0 Å². The monoisotopic (exact) mass is 367 g/mol. The molecule has 2 aromatic carbocycles. The largest absolute Gasteiger partial charge is 0.351 e. The molecule has 3 N–H and O–H groups in total. The van der Waals surface area contributed by atoms with E-state index in [0.29, 0.717) is 23.7 Å². The average Bonchev–Trinajstić information content (AvgIpc) is 2.61. The zero-order valence-electron chi connectivity index (χ0n) is 16.5. The molecule has 0 heterocycles. The maximum absolute atomic E-state index is 12.6. The van der Waals surface area contributed by atoms with Crippen molar-refractivity contribution in [3.63, 3.8) is 0 Å². The van der Waals surface area contributed by atoms with Gasteiger partial charge in [-0.3, -0.25) is 4.79 Å².